The van der Waals surface area contributed by atoms with E-state index in [-0.39, 0.29) is 0 Å². The minimum absolute atomic E-state index is 0.523. The number of rotatable bonds is 4. The Morgan fingerprint density at radius 2 is 2.21 bits per heavy atom. The highest BCUT2D eigenvalue weighted by Crippen LogP contribution is 2.33. The molecule has 0 aromatic carbocycles. The lowest BCUT2D eigenvalue weighted by molar-refractivity contribution is 0.521. The molecule has 1 aliphatic rings. The zero-order valence-corrected chi connectivity index (χ0v) is 13.3. The normalized spacial score (nSPS) is 22.3. The lowest BCUT2D eigenvalue weighted by Crippen LogP contribution is -2.24. The predicted molar refractivity (Wildman–Crippen MR) is 83.9 cm³/mol. The van der Waals surface area contributed by atoms with Crippen molar-refractivity contribution in [3.63, 3.8) is 0 Å². The van der Waals surface area contributed by atoms with Gasteiger partial charge in [-0.3, -0.25) is 0 Å². The maximum Gasteiger partial charge on any atom is 0.185 e. The number of thiazole rings is 1. The van der Waals surface area contributed by atoms with Gasteiger partial charge in [0.2, 0.25) is 0 Å². The molecular formula is C15H27N3S. The molecule has 0 saturated carbocycles. The molecule has 4 heteroatoms. The summed E-state index contributed by atoms with van der Waals surface area (Å²) in [5.74, 6) is 1.38. The third-order valence-electron chi connectivity index (χ3n) is 4.27. The first-order valence-electron chi connectivity index (χ1n) is 7.60. The third-order valence-corrected chi connectivity index (χ3v) is 5.42. The molecule has 0 aliphatic carbocycles. The van der Waals surface area contributed by atoms with E-state index in [1.807, 2.05) is 11.3 Å². The summed E-state index contributed by atoms with van der Waals surface area (Å²) >= 11 is 1.81. The Morgan fingerprint density at radius 3 is 2.89 bits per heavy atom. The van der Waals surface area contributed by atoms with Crippen molar-refractivity contribution in [1.29, 1.82) is 0 Å². The van der Waals surface area contributed by atoms with E-state index in [2.05, 4.69) is 25.7 Å². The molecule has 1 aromatic rings. The minimum atomic E-state index is 0.523. The highest BCUT2D eigenvalue weighted by molar-refractivity contribution is 7.15. The third kappa shape index (κ3) is 3.48. The fourth-order valence-electron chi connectivity index (χ4n) is 2.66. The van der Waals surface area contributed by atoms with E-state index in [1.165, 1.54) is 35.0 Å². The summed E-state index contributed by atoms with van der Waals surface area (Å²) in [6.45, 7) is 9.77. The quantitative estimate of drug-likeness (QED) is 0.914. The van der Waals surface area contributed by atoms with Gasteiger partial charge in [-0.1, -0.05) is 20.8 Å². The summed E-state index contributed by atoms with van der Waals surface area (Å²) in [7, 11) is 0. The zero-order chi connectivity index (χ0) is 13.8. The largest absolute Gasteiger partial charge is 0.348 e. The van der Waals surface area contributed by atoms with Gasteiger partial charge in [0.25, 0.3) is 0 Å². The summed E-state index contributed by atoms with van der Waals surface area (Å²) in [6.07, 6.45) is 5.06. The van der Waals surface area contributed by atoms with Crippen molar-refractivity contribution in [2.45, 2.75) is 58.9 Å². The SMILES string of the molecule is CCC(C)c1nc(N2CCCC(C)CC2)sc1CN. The Bertz CT molecular complexity index is 402. The van der Waals surface area contributed by atoms with Gasteiger partial charge in [-0.2, -0.15) is 0 Å². The molecule has 1 aliphatic heterocycles. The van der Waals surface area contributed by atoms with Crippen molar-refractivity contribution in [2.24, 2.45) is 11.7 Å². The van der Waals surface area contributed by atoms with Crippen LogP contribution >= 0.6 is 11.3 Å². The van der Waals surface area contributed by atoms with Crippen molar-refractivity contribution in [3.05, 3.63) is 10.6 Å². The predicted octanol–water partition coefficient (Wildman–Crippen LogP) is 3.74. The maximum atomic E-state index is 5.89. The molecule has 3 nitrogen and oxygen atoms in total. The van der Waals surface area contributed by atoms with E-state index in [0.29, 0.717) is 12.5 Å². The number of nitrogens with zero attached hydrogens (tertiary/aromatic N) is 2. The lowest BCUT2D eigenvalue weighted by Gasteiger charge is -2.19. The van der Waals surface area contributed by atoms with Gasteiger partial charge in [-0.15, -0.1) is 11.3 Å². The number of nitrogens with two attached hydrogens (primary N) is 1. The average Bonchev–Trinajstić information content (AvgIpc) is 2.74. The van der Waals surface area contributed by atoms with Gasteiger partial charge in [0.1, 0.15) is 0 Å². The van der Waals surface area contributed by atoms with Crippen LogP contribution in [0.5, 0.6) is 0 Å². The van der Waals surface area contributed by atoms with Crippen LogP contribution in [0.3, 0.4) is 0 Å². The molecule has 2 unspecified atom stereocenters. The van der Waals surface area contributed by atoms with Crippen molar-refractivity contribution in [1.82, 2.24) is 4.98 Å². The van der Waals surface area contributed by atoms with Crippen LogP contribution in [0.4, 0.5) is 5.13 Å². The summed E-state index contributed by atoms with van der Waals surface area (Å²) in [4.78, 5) is 8.66. The summed E-state index contributed by atoms with van der Waals surface area (Å²) in [5, 5.41) is 1.20. The van der Waals surface area contributed by atoms with Gasteiger partial charge >= 0.3 is 0 Å². The Labute approximate surface area is 121 Å². The molecule has 108 valence electrons. The molecule has 0 bridgehead atoms. The van der Waals surface area contributed by atoms with Crippen molar-refractivity contribution >= 4 is 16.5 Å². The van der Waals surface area contributed by atoms with Gasteiger partial charge in [0.05, 0.1) is 5.69 Å². The first-order valence-corrected chi connectivity index (χ1v) is 8.42. The summed E-state index contributed by atoms with van der Waals surface area (Å²) < 4.78 is 0. The van der Waals surface area contributed by atoms with Crippen LogP contribution in [0.1, 0.15) is 62.9 Å². The monoisotopic (exact) mass is 281 g/mol. The molecule has 0 radical (unpaired) electrons. The molecule has 2 atom stereocenters. The molecule has 1 fully saturated rings. The topological polar surface area (TPSA) is 42.2 Å². The number of anilines is 1. The highest BCUT2D eigenvalue weighted by atomic mass is 32.1. The lowest BCUT2D eigenvalue weighted by atomic mass is 10.0. The van der Waals surface area contributed by atoms with Crippen LogP contribution in [0.25, 0.3) is 0 Å². The van der Waals surface area contributed by atoms with E-state index in [1.54, 1.807) is 0 Å². The van der Waals surface area contributed by atoms with Gasteiger partial charge in [-0.05, 0) is 37.5 Å². The van der Waals surface area contributed by atoms with E-state index in [0.717, 1.165) is 25.4 Å². The molecule has 2 heterocycles. The highest BCUT2D eigenvalue weighted by Gasteiger charge is 2.20. The molecule has 2 N–H and O–H groups in total. The molecule has 0 spiro atoms. The Balaban J connectivity index is 2.17. The van der Waals surface area contributed by atoms with Crippen LogP contribution in [0.2, 0.25) is 0 Å². The van der Waals surface area contributed by atoms with Crippen LogP contribution in [0.15, 0.2) is 0 Å². The van der Waals surface area contributed by atoms with Crippen molar-refractivity contribution in [2.75, 3.05) is 18.0 Å². The number of aromatic nitrogens is 1. The van der Waals surface area contributed by atoms with Crippen LogP contribution < -0.4 is 10.6 Å². The van der Waals surface area contributed by atoms with Crippen LogP contribution in [0, 0.1) is 5.92 Å². The van der Waals surface area contributed by atoms with Crippen molar-refractivity contribution < 1.29 is 0 Å². The maximum absolute atomic E-state index is 5.89. The second-order valence-electron chi connectivity index (χ2n) is 5.84. The van der Waals surface area contributed by atoms with Gasteiger partial charge < -0.3 is 10.6 Å². The van der Waals surface area contributed by atoms with Gasteiger partial charge in [0.15, 0.2) is 5.13 Å². The van der Waals surface area contributed by atoms with Crippen LogP contribution in [-0.4, -0.2) is 18.1 Å². The second-order valence-corrected chi connectivity index (χ2v) is 6.90. The van der Waals surface area contributed by atoms with E-state index in [9.17, 15) is 0 Å². The average molecular weight is 281 g/mol. The Hall–Kier alpha value is -0.610. The minimum Gasteiger partial charge on any atom is -0.348 e. The molecule has 1 saturated heterocycles. The number of hydrogen-bond acceptors (Lipinski definition) is 4. The standard InChI is InChI=1S/C15H27N3S/c1-4-12(3)14-13(10-16)19-15(17-14)18-8-5-6-11(2)7-9-18/h11-12H,4-10,16H2,1-3H3. The first kappa shape index (κ1) is 14.8. The molecule has 0 amide bonds. The van der Waals surface area contributed by atoms with Gasteiger partial charge in [0, 0.05) is 24.5 Å². The zero-order valence-electron chi connectivity index (χ0n) is 12.5. The van der Waals surface area contributed by atoms with Crippen molar-refractivity contribution in [3.8, 4) is 0 Å². The fourth-order valence-corrected chi connectivity index (χ4v) is 3.78. The van der Waals surface area contributed by atoms with E-state index >= 15 is 0 Å². The van der Waals surface area contributed by atoms with Crippen LogP contribution in [-0.2, 0) is 6.54 Å². The number of hydrogen-bond donors (Lipinski definition) is 1. The second kappa shape index (κ2) is 6.71. The van der Waals surface area contributed by atoms with E-state index < -0.39 is 0 Å². The molecule has 1 aromatic heterocycles. The Morgan fingerprint density at radius 1 is 1.42 bits per heavy atom. The summed E-state index contributed by atoms with van der Waals surface area (Å²) in [6, 6.07) is 0. The van der Waals surface area contributed by atoms with Gasteiger partial charge in [-0.25, -0.2) is 4.98 Å². The van der Waals surface area contributed by atoms with E-state index in [4.69, 9.17) is 10.7 Å². The summed E-state index contributed by atoms with van der Waals surface area (Å²) in [5.41, 5.74) is 7.13. The smallest absolute Gasteiger partial charge is 0.185 e. The molecular weight excluding hydrogens is 254 g/mol. The fraction of sp³-hybridized carbons (Fsp3) is 0.800. The Kier molecular flexibility index (Phi) is 5.22. The molecule has 2 rings (SSSR count). The first-order chi connectivity index (χ1) is 9.15. The molecule has 19 heavy (non-hydrogen) atoms.